The van der Waals surface area contributed by atoms with Crippen LogP contribution in [0.15, 0.2) is 15.8 Å². The van der Waals surface area contributed by atoms with Crippen molar-refractivity contribution in [2.24, 2.45) is 0 Å². The second kappa shape index (κ2) is 9.37. The number of nitrogens with one attached hydrogen (secondary N) is 1. The summed E-state index contributed by atoms with van der Waals surface area (Å²) in [5.41, 5.74) is -2.08. The van der Waals surface area contributed by atoms with Gasteiger partial charge in [-0.3, -0.25) is 19.2 Å². The van der Waals surface area contributed by atoms with Crippen LogP contribution in [0.5, 0.6) is 0 Å². The number of aryl methyl sites for hydroxylation is 1. The fourth-order valence-corrected chi connectivity index (χ4v) is 5.44. The van der Waals surface area contributed by atoms with Gasteiger partial charge in [0.25, 0.3) is 5.56 Å². The lowest BCUT2D eigenvalue weighted by Gasteiger charge is -2.41. The molecule has 0 bridgehead atoms. The molecule has 1 aromatic heterocycles. The summed E-state index contributed by atoms with van der Waals surface area (Å²) >= 11 is 0. The predicted molar refractivity (Wildman–Crippen MR) is 128 cm³/mol. The Morgan fingerprint density at radius 1 is 1.24 bits per heavy atom. The highest BCUT2D eigenvalue weighted by Crippen LogP contribution is 2.44. The summed E-state index contributed by atoms with van der Waals surface area (Å²) in [5.74, 6) is 0. The van der Waals surface area contributed by atoms with Gasteiger partial charge in [-0.2, -0.15) is 0 Å². The molecule has 0 aromatic carbocycles. The molecule has 0 saturated carbocycles. The first-order valence-corrected chi connectivity index (χ1v) is 14.5. The van der Waals surface area contributed by atoms with Crippen molar-refractivity contribution >= 4 is 8.32 Å². The third-order valence-corrected chi connectivity index (χ3v) is 12.0. The Bertz CT molecular complexity index is 949. The minimum Gasteiger partial charge on any atom is -0.407 e. The van der Waals surface area contributed by atoms with Crippen LogP contribution in [0, 0.1) is 6.92 Å². The first kappa shape index (κ1) is 26.3. The van der Waals surface area contributed by atoms with E-state index in [-0.39, 0.29) is 5.04 Å². The van der Waals surface area contributed by atoms with Crippen LogP contribution in [0.25, 0.3) is 0 Å². The van der Waals surface area contributed by atoms with Gasteiger partial charge in [0, 0.05) is 44.5 Å². The Kier molecular flexibility index (Phi) is 7.45. The van der Waals surface area contributed by atoms with E-state index in [0.717, 1.165) is 26.2 Å². The molecule has 4 atom stereocenters. The first-order chi connectivity index (χ1) is 15.2. The van der Waals surface area contributed by atoms with E-state index in [0.29, 0.717) is 12.1 Å². The zero-order valence-electron chi connectivity index (χ0n) is 20.9. The third-order valence-electron chi connectivity index (χ3n) is 7.50. The second-order valence-electron chi connectivity index (χ2n) is 11.1. The van der Waals surface area contributed by atoms with Crippen LogP contribution in [-0.4, -0.2) is 102 Å². The number of aliphatic hydroxyl groups excluding tert-OH is 2. The SMILES string of the molecule is Cc1cn([C@@H]2O[C@@](CO)(CN3CCN(C)CC3)[C@H](O)[C@H]2O[Si](C)(C)C(C)(C)C)c(=O)[nH]c1=O. The minimum atomic E-state index is -2.39. The fourth-order valence-electron chi connectivity index (χ4n) is 4.16. The number of rotatable bonds is 6. The number of likely N-dealkylation sites (N-methyl/N-ethyl adjacent to an activating group) is 1. The highest BCUT2D eigenvalue weighted by atomic mass is 28.4. The maximum Gasteiger partial charge on any atom is 0.330 e. The molecule has 0 radical (unpaired) electrons. The topological polar surface area (TPSA) is 120 Å². The molecule has 0 spiro atoms. The number of aromatic amines is 1. The maximum atomic E-state index is 12.7. The molecule has 0 aliphatic carbocycles. The highest BCUT2D eigenvalue weighted by molar-refractivity contribution is 6.74. The van der Waals surface area contributed by atoms with Crippen molar-refractivity contribution in [1.29, 1.82) is 0 Å². The van der Waals surface area contributed by atoms with Gasteiger partial charge in [-0.25, -0.2) is 4.79 Å². The summed E-state index contributed by atoms with van der Waals surface area (Å²) in [5, 5.41) is 21.9. The molecule has 3 heterocycles. The molecule has 1 aromatic rings. The first-order valence-electron chi connectivity index (χ1n) is 11.6. The molecular weight excluding hydrogens is 444 g/mol. The molecule has 2 aliphatic heterocycles. The van der Waals surface area contributed by atoms with Gasteiger partial charge in [0.1, 0.15) is 17.8 Å². The Balaban J connectivity index is 2.02. The van der Waals surface area contributed by atoms with Crippen molar-refractivity contribution in [3.63, 3.8) is 0 Å². The molecule has 2 saturated heterocycles. The van der Waals surface area contributed by atoms with Gasteiger partial charge >= 0.3 is 5.69 Å². The van der Waals surface area contributed by atoms with Crippen LogP contribution in [0.1, 0.15) is 32.6 Å². The standard InChI is InChI=1S/C22H40N4O6Si/c1-15-12-26(20(30)23-18(15)29)19-16(32-33(6,7)21(2,3)4)17(28)22(14-27,31-19)13-25-10-8-24(5)9-11-25/h12,16-17,19,27-28H,8-11,13-14H2,1-7H3,(H,23,29,30)/t16-,17-,19-,22-/m1/s1. The van der Waals surface area contributed by atoms with Crippen molar-refractivity contribution in [1.82, 2.24) is 19.4 Å². The van der Waals surface area contributed by atoms with Crippen LogP contribution in [0.3, 0.4) is 0 Å². The van der Waals surface area contributed by atoms with E-state index < -0.39 is 50.2 Å². The Labute approximate surface area is 196 Å². The quantitative estimate of drug-likeness (QED) is 0.487. The van der Waals surface area contributed by atoms with Crippen LogP contribution in [0.2, 0.25) is 18.1 Å². The molecule has 11 heteroatoms. The van der Waals surface area contributed by atoms with Crippen LogP contribution >= 0.6 is 0 Å². The summed E-state index contributed by atoms with van der Waals surface area (Å²) in [6, 6.07) is 0. The van der Waals surface area contributed by atoms with Crippen molar-refractivity contribution in [3.8, 4) is 0 Å². The summed E-state index contributed by atoms with van der Waals surface area (Å²) in [6.07, 6.45) is -1.60. The van der Waals surface area contributed by atoms with Crippen LogP contribution in [-0.2, 0) is 9.16 Å². The van der Waals surface area contributed by atoms with Gasteiger partial charge in [0.05, 0.1) is 6.61 Å². The lowest BCUT2D eigenvalue weighted by Crippen LogP contribution is -2.58. The molecule has 2 fully saturated rings. The molecule has 3 rings (SSSR count). The molecule has 3 N–H and O–H groups in total. The van der Waals surface area contributed by atoms with Crippen molar-refractivity contribution in [2.75, 3.05) is 46.4 Å². The van der Waals surface area contributed by atoms with E-state index >= 15 is 0 Å². The molecule has 0 unspecified atom stereocenters. The zero-order chi connectivity index (χ0) is 24.8. The second-order valence-corrected chi connectivity index (χ2v) is 15.8. The average Bonchev–Trinajstić information content (AvgIpc) is 2.98. The Hall–Kier alpha value is -1.34. The number of aliphatic hydroxyl groups is 2. The van der Waals surface area contributed by atoms with Gasteiger partial charge in [0.2, 0.25) is 0 Å². The Morgan fingerprint density at radius 2 is 1.85 bits per heavy atom. The summed E-state index contributed by atoms with van der Waals surface area (Å²) in [6.45, 7) is 15.2. The summed E-state index contributed by atoms with van der Waals surface area (Å²) < 4.78 is 14.2. The molecule has 188 valence electrons. The predicted octanol–water partition coefficient (Wildman–Crippen LogP) is 0.104. The molecule has 33 heavy (non-hydrogen) atoms. The zero-order valence-corrected chi connectivity index (χ0v) is 21.9. The lowest BCUT2D eigenvalue weighted by molar-refractivity contribution is -0.143. The monoisotopic (exact) mass is 484 g/mol. The van der Waals surface area contributed by atoms with E-state index in [1.54, 1.807) is 6.92 Å². The number of H-pyrrole nitrogens is 1. The lowest BCUT2D eigenvalue weighted by atomic mass is 9.95. The van der Waals surface area contributed by atoms with Gasteiger partial charge in [-0.15, -0.1) is 0 Å². The molecule has 2 aliphatic rings. The molecular formula is C22H40N4O6Si. The van der Waals surface area contributed by atoms with E-state index in [2.05, 4.69) is 55.7 Å². The largest absolute Gasteiger partial charge is 0.407 e. The van der Waals surface area contributed by atoms with Gasteiger partial charge in [-0.1, -0.05) is 20.8 Å². The van der Waals surface area contributed by atoms with E-state index in [4.69, 9.17) is 9.16 Å². The van der Waals surface area contributed by atoms with Crippen LogP contribution in [0.4, 0.5) is 0 Å². The normalized spacial score (nSPS) is 30.2. The van der Waals surface area contributed by atoms with Crippen molar-refractivity contribution in [3.05, 3.63) is 32.6 Å². The number of aromatic nitrogens is 2. The van der Waals surface area contributed by atoms with E-state index in [1.807, 2.05) is 0 Å². The smallest absolute Gasteiger partial charge is 0.330 e. The van der Waals surface area contributed by atoms with Crippen molar-refractivity contribution in [2.45, 2.75) is 69.9 Å². The van der Waals surface area contributed by atoms with Gasteiger partial charge in [-0.05, 0) is 32.1 Å². The fraction of sp³-hybridized carbons (Fsp3) is 0.818. The van der Waals surface area contributed by atoms with Crippen LogP contribution < -0.4 is 11.2 Å². The Morgan fingerprint density at radius 3 is 2.39 bits per heavy atom. The summed E-state index contributed by atoms with van der Waals surface area (Å²) in [4.78, 5) is 31.4. The molecule has 10 nitrogen and oxygen atoms in total. The minimum absolute atomic E-state index is 0.148. The van der Waals surface area contributed by atoms with Gasteiger partial charge in [0.15, 0.2) is 14.5 Å². The number of ether oxygens (including phenoxy) is 1. The van der Waals surface area contributed by atoms with Crippen molar-refractivity contribution < 1.29 is 19.4 Å². The number of hydrogen-bond acceptors (Lipinski definition) is 8. The van der Waals surface area contributed by atoms with E-state index in [1.165, 1.54) is 10.8 Å². The van der Waals surface area contributed by atoms with Gasteiger partial charge < -0.3 is 24.3 Å². The van der Waals surface area contributed by atoms with E-state index in [9.17, 15) is 19.8 Å². The molecule has 0 amide bonds. The maximum absolute atomic E-state index is 12.7. The average molecular weight is 485 g/mol. The number of piperazine rings is 1. The number of nitrogens with zero attached hydrogens (tertiary/aromatic N) is 3. The number of hydrogen-bond donors (Lipinski definition) is 3. The summed E-state index contributed by atoms with van der Waals surface area (Å²) in [7, 11) is -0.335. The third kappa shape index (κ3) is 5.19. The highest BCUT2D eigenvalue weighted by Gasteiger charge is 2.58.